The summed E-state index contributed by atoms with van der Waals surface area (Å²) in [6, 6.07) is 3.67. The second kappa shape index (κ2) is 4.49. The van der Waals surface area contributed by atoms with Gasteiger partial charge < -0.3 is 5.32 Å². The SMILES string of the molecule is CCNC1CC2CCC(C1)N2C1CC2CCC1C2. The molecule has 1 N–H and O–H groups in total. The van der Waals surface area contributed by atoms with E-state index in [1.807, 2.05) is 0 Å². The second-order valence-electron chi connectivity index (χ2n) is 7.30. The highest BCUT2D eigenvalue weighted by Gasteiger charge is 2.50. The van der Waals surface area contributed by atoms with E-state index in [1.165, 1.54) is 25.7 Å². The minimum Gasteiger partial charge on any atom is -0.314 e. The monoisotopic (exact) mass is 248 g/mol. The van der Waals surface area contributed by atoms with Crippen LogP contribution in [0.25, 0.3) is 0 Å². The Morgan fingerprint density at radius 2 is 1.72 bits per heavy atom. The molecule has 5 atom stereocenters. The van der Waals surface area contributed by atoms with Gasteiger partial charge in [-0.25, -0.2) is 0 Å². The minimum absolute atomic E-state index is 0.822. The highest BCUT2D eigenvalue weighted by Crippen LogP contribution is 2.50. The van der Waals surface area contributed by atoms with Crippen LogP contribution in [0, 0.1) is 11.8 Å². The van der Waals surface area contributed by atoms with E-state index < -0.39 is 0 Å². The third-order valence-electron chi connectivity index (χ3n) is 6.37. The number of piperidine rings is 1. The van der Waals surface area contributed by atoms with Crippen molar-refractivity contribution in [3.8, 4) is 0 Å². The van der Waals surface area contributed by atoms with Crippen molar-refractivity contribution in [1.29, 1.82) is 0 Å². The molecule has 4 bridgehead atoms. The molecule has 102 valence electrons. The first-order valence-corrected chi connectivity index (χ1v) is 8.36. The number of fused-ring (bicyclic) bond motifs is 4. The summed E-state index contributed by atoms with van der Waals surface area (Å²) in [5, 5.41) is 3.70. The summed E-state index contributed by atoms with van der Waals surface area (Å²) in [6.45, 7) is 3.41. The predicted molar refractivity (Wildman–Crippen MR) is 74.6 cm³/mol. The molecule has 18 heavy (non-hydrogen) atoms. The van der Waals surface area contributed by atoms with Crippen LogP contribution in [-0.4, -0.2) is 35.6 Å². The zero-order chi connectivity index (χ0) is 12.1. The van der Waals surface area contributed by atoms with Crippen molar-refractivity contribution >= 4 is 0 Å². The molecule has 2 saturated heterocycles. The molecule has 2 heterocycles. The normalized spacial score (nSPS) is 51.2. The van der Waals surface area contributed by atoms with Crippen molar-refractivity contribution in [1.82, 2.24) is 10.2 Å². The van der Waals surface area contributed by atoms with Gasteiger partial charge in [0, 0.05) is 24.2 Å². The maximum Gasteiger partial charge on any atom is 0.0132 e. The Morgan fingerprint density at radius 1 is 0.944 bits per heavy atom. The number of nitrogens with one attached hydrogen (secondary N) is 1. The quantitative estimate of drug-likeness (QED) is 0.826. The Kier molecular flexibility index (Phi) is 2.92. The van der Waals surface area contributed by atoms with Gasteiger partial charge in [-0.3, -0.25) is 4.90 Å². The average Bonchev–Trinajstić information content (AvgIpc) is 3.03. The van der Waals surface area contributed by atoms with Crippen molar-refractivity contribution in [2.45, 2.75) is 82.5 Å². The lowest BCUT2D eigenvalue weighted by atomic mass is 9.88. The molecule has 4 rings (SSSR count). The first kappa shape index (κ1) is 11.7. The van der Waals surface area contributed by atoms with Crippen LogP contribution in [0.15, 0.2) is 0 Å². The molecule has 2 heteroatoms. The lowest BCUT2D eigenvalue weighted by molar-refractivity contribution is 0.0433. The van der Waals surface area contributed by atoms with Crippen molar-refractivity contribution in [3.05, 3.63) is 0 Å². The standard InChI is InChI=1S/C16H28N2/c1-2-17-13-9-14-5-6-15(10-13)18(14)16-8-11-3-4-12(16)7-11/h11-17H,2-10H2,1H3. The van der Waals surface area contributed by atoms with Gasteiger partial charge in [0.15, 0.2) is 0 Å². The molecule has 0 amide bonds. The molecular weight excluding hydrogens is 220 g/mol. The number of hydrogen-bond donors (Lipinski definition) is 1. The molecule has 0 spiro atoms. The van der Waals surface area contributed by atoms with E-state index in [-0.39, 0.29) is 0 Å². The van der Waals surface area contributed by atoms with Gasteiger partial charge in [0.25, 0.3) is 0 Å². The number of rotatable bonds is 3. The minimum atomic E-state index is 0.822. The van der Waals surface area contributed by atoms with Crippen molar-refractivity contribution in [3.63, 3.8) is 0 Å². The largest absolute Gasteiger partial charge is 0.314 e. The van der Waals surface area contributed by atoms with Crippen molar-refractivity contribution in [2.75, 3.05) is 6.54 Å². The summed E-state index contributed by atoms with van der Waals surface area (Å²) in [4.78, 5) is 3.01. The Morgan fingerprint density at radius 3 is 2.28 bits per heavy atom. The van der Waals surface area contributed by atoms with E-state index in [2.05, 4.69) is 17.1 Å². The summed E-state index contributed by atoms with van der Waals surface area (Å²) in [6.07, 6.45) is 12.0. The Balaban J connectivity index is 1.47. The molecular formula is C16H28N2. The topological polar surface area (TPSA) is 15.3 Å². The third kappa shape index (κ3) is 1.76. The molecule has 0 aromatic heterocycles. The predicted octanol–water partition coefficient (Wildman–Crippen LogP) is 2.78. The lowest BCUT2D eigenvalue weighted by Gasteiger charge is -2.45. The summed E-state index contributed by atoms with van der Waals surface area (Å²) in [5.41, 5.74) is 0. The van der Waals surface area contributed by atoms with Crippen LogP contribution in [0.3, 0.4) is 0 Å². The summed E-state index contributed by atoms with van der Waals surface area (Å²) in [5.74, 6) is 2.18. The highest BCUT2D eigenvalue weighted by molar-refractivity contribution is 5.05. The molecule has 5 unspecified atom stereocenters. The van der Waals surface area contributed by atoms with Crippen LogP contribution < -0.4 is 5.32 Å². The van der Waals surface area contributed by atoms with E-state index in [9.17, 15) is 0 Å². The third-order valence-corrected chi connectivity index (χ3v) is 6.37. The van der Waals surface area contributed by atoms with Crippen LogP contribution in [0.4, 0.5) is 0 Å². The summed E-state index contributed by atoms with van der Waals surface area (Å²) in [7, 11) is 0. The molecule has 4 fully saturated rings. The van der Waals surface area contributed by atoms with E-state index >= 15 is 0 Å². The van der Waals surface area contributed by atoms with Crippen LogP contribution in [0.5, 0.6) is 0 Å². The summed E-state index contributed by atoms with van der Waals surface area (Å²) >= 11 is 0. The van der Waals surface area contributed by atoms with Crippen LogP contribution in [0.1, 0.15) is 58.3 Å². The fourth-order valence-corrected chi connectivity index (χ4v) is 5.79. The Bertz CT molecular complexity index is 302. The van der Waals surface area contributed by atoms with Gasteiger partial charge in [-0.1, -0.05) is 13.3 Å². The molecule has 2 saturated carbocycles. The lowest BCUT2D eigenvalue weighted by Crippen LogP contribution is -2.54. The zero-order valence-corrected chi connectivity index (χ0v) is 11.8. The molecule has 4 aliphatic rings. The highest BCUT2D eigenvalue weighted by atomic mass is 15.3. The maximum absolute atomic E-state index is 3.70. The first-order chi connectivity index (χ1) is 8.85. The van der Waals surface area contributed by atoms with Gasteiger partial charge >= 0.3 is 0 Å². The molecule has 2 nitrogen and oxygen atoms in total. The van der Waals surface area contributed by atoms with Gasteiger partial charge in [-0.05, 0) is 63.3 Å². The van der Waals surface area contributed by atoms with Crippen LogP contribution in [-0.2, 0) is 0 Å². The van der Waals surface area contributed by atoms with Gasteiger partial charge in [0.2, 0.25) is 0 Å². The van der Waals surface area contributed by atoms with Gasteiger partial charge in [-0.2, -0.15) is 0 Å². The second-order valence-corrected chi connectivity index (χ2v) is 7.30. The molecule has 2 aliphatic heterocycles. The van der Waals surface area contributed by atoms with Crippen molar-refractivity contribution in [2.24, 2.45) is 11.8 Å². The van der Waals surface area contributed by atoms with E-state index in [0.717, 1.165) is 42.5 Å². The molecule has 0 radical (unpaired) electrons. The Labute approximate surface area is 111 Å². The van der Waals surface area contributed by atoms with E-state index in [0.29, 0.717) is 0 Å². The zero-order valence-electron chi connectivity index (χ0n) is 11.8. The molecule has 2 aliphatic carbocycles. The Hall–Kier alpha value is -0.0800. The van der Waals surface area contributed by atoms with E-state index in [1.54, 1.807) is 25.7 Å². The maximum atomic E-state index is 3.70. The van der Waals surface area contributed by atoms with Gasteiger partial charge in [-0.15, -0.1) is 0 Å². The summed E-state index contributed by atoms with van der Waals surface area (Å²) < 4.78 is 0. The molecule has 0 aromatic carbocycles. The van der Waals surface area contributed by atoms with Gasteiger partial charge in [0.1, 0.15) is 0 Å². The average molecular weight is 248 g/mol. The van der Waals surface area contributed by atoms with E-state index in [4.69, 9.17) is 0 Å². The molecule has 0 aromatic rings. The number of hydrogen-bond acceptors (Lipinski definition) is 2. The smallest absolute Gasteiger partial charge is 0.0132 e. The van der Waals surface area contributed by atoms with Crippen molar-refractivity contribution < 1.29 is 0 Å². The van der Waals surface area contributed by atoms with Crippen LogP contribution in [0.2, 0.25) is 0 Å². The fraction of sp³-hybridized carbons (Fsp3) is 1.00. The number of nitrogens with zero attached hydrogens (tertiary/aromatic N) is 1. The van der Waals surface area contributed by atoms with Gasteiger partial charge in [0.05, 0.1) is 0 Å². The fourth-order valence-electron chi connectivity index (χ4n) is 5.79. The first-order valence-electron chi connectivity index (χ1n) is 8.36. The van der Waals surface area contributed by atoms with Crippen LogP contribution >= 0.6 is 0 Å².